The van der Waals surface area contributed by atoms with Gasteiger partial charge in [-0.3, -0.25) is 9.59 Å². The molecule has 0 saturated heterocycles. The summed E-state index contributed by atoms with van der Waals surface area (Å²) in [6.07, 6.45) is 3.30. The maximum absolute atomic E-state index is 13.9. The molecule has 0 N–H and O–H groups in total. The van der Waals surface area contributed by atoms with Gasteiger partial charge in [-0.05, 0) is 47.5 Å². The number of rotatable bonds is 4. The molecule has 0 radical (unpaired) electrons. The summed E-state index contributed by atoms with van der Waals surface area (Å²) < 4.78 is 0. The minimum Gasteiger partial charge on any atom is -0.266 e. The van der Waals surface area contributed by atoms with Crippen molar-refractivity contribution in [2.45, 2.75) is 0 Å². The molecule has 10 heteroatoms. The topological polar surface area (TPSA) is 65.3 Å². The number of carbonyl (C=O) groups is 2. The van der Waals surface area contributed by atoms with E-state index >= 15 is 0 Å². The van der Waals surface area contributed by atoms with Crippen molar-refractivity contribution in [3.63, 3.8) is 0 Å². The molecule has 44 heavy (non-hydrogen) atoms. The maximum Gasteiger partial charge on any atom is 0.283 e. The van der Waals surface area contributed by atoms with Gasteiger partial charge >= 0.3 is 0 Å². The highest BCUT2D eigenvalue weighted by Gasteiger charge is 2.41. The van der Waals surface area contributed by atoms with E-state index in [2.05, 4.69) is 9.98 Å². The molecule has 0 unspecified atom stereocenters. The van der Waals surface area contributed by atoms with Crippen LogP contribution in [0.15, 0.2) is 131 Å². The second-order valence-corrected chi connectivity index (χ2v) is 11.3. The number of amidine groups is 2. The van der Waals surface area contributed by atoms with Gasteiger partial charge in [0.1, 0.15) is 23.1 Å². The number of halogens is 2. The molecule has 6 rings (SSSR count). The fraction of sp³-hybridized carbons (Fsp3) is 0. The lowest BCUT2D eigenvalue weighted by molar-refractivity contribution is -0.121. The normalized spacial score (nSPS) is 16.5. The van der Waals surface area contributed by atoms with Crippen LogP contribution >= 0.6 is 47.6 Å². The summed E-state index contributed by atoms with van der Waals surface area (Å²) in [4.78, 5) is 39.5. The first-order valence-electron chi connectivity index (χ1n) is 13.3. The van der Waals surface area contributed by atoms with Gasteiger partial charge in [-0.25, -0.2) is 19.8 Å². The van der Waals surface area contributed by atoms with Gasteiger partial charge in [-0.1, -0.05) is 133 Å². The van der Waals surface area contributed by atoms with Crippen LogP contribution in [0.3, 0.4) is 0 Å². The van der Waals surface area contributed by atoms with E-state index in [4.69, 9.17) is 47.6 Å². The zero-order chi connectivity index (χ0) is 30.8. The van der Waals surface area contributed by atoms with E-state index in [1.165, 1.54) is 9.80 Å². The van der Waals surface area contributed by atoms with Gasteiger partial charge in [-0.15, -0.1) is 0 Å². The Balaban J connectivity index is 1.39. The van der Waals surface area contributed by atoms with Crippen molar-refractivity contribution in [1.29, 1.82) is 0 Å². The number of thiocarbonyl (C=S) groups is 2. The third-order valence-electron chi connectivity index (χ3n) is 6.72. The predicted molar refractivity (Wildman–Crippen MR) is 184 cm³/mol. The van der Waals surface area contributed by atoms with Crippen molar-refractivity contribution in [2.24, 2.45) is 9.98 Å². The first kappa shape index (κ1) is 29.5. The van der Waals surface area contributed by atoms with Crippen LogP contribution in [-0.4, -0.2) is 43.3 Å². The van der Waals surface area contributed by atoms with Crippen LogP contribution in [0.4, 0.5) is 0 Å². The molecule has 6 nitrogen and oxygen atoms in total. The zero-order valence-electron chi connectivity index (χ0n) is 22.7. The Kier molecular flexibility index (Phi) is 8.41. The summed E-state index contributed by atoms with van der Waals surface area (Å²) >= 11 is 23.8. The fourth-order valence-corrected chi connectivity index (χ4v) is 5.37. The molecule has 0 bridgehead atoms. The number of amides is 2. The highest BCUT2D eigenvalue weighted by molar-refractivity contribution is 7.89. The van der Waals surface area contributed by atoms with Gasteiger partial charge in [0.15, 0.2) is 9.98 Å². The molecule has 0 atom stereocenters. The monoisotopic (exact) mass is 650 g/mol. The Morgan fingerprint density at radius 3 is 1.23 bits per heavy atom. The van der Waals surface area contributed by atoms with E-state index < -0.39 is 11.8 Å². The van der Waals surface area contributed by atoms with E-state index in [1.807, 2.05) is 60.7 Å². The first-order valence-corrected chi connectivity index (χ1v) is 14.9. The molecule has 0 aromatic heterocycles. The van der Waals surface area contributed by atoms with E-state index in [-0.39, 0.29) is 21.4 Å². The van der Waals surface area contributed by atoms with Crippen LogP contribution < -0.4 is 0 Å². The highest BCUT2D eigenvalue weighted by atomic mass is 35.5. The third-order valence-corrected chi connectivity index (χ3v) is 8.11. The number of carbonyl (C=O) groups excluding carboxylic acids is 2. The lowest BCUT2D eigenvalue weighted by atomic mass is 10.1. The molecular formula is C34H20Cl2N4O2S2. The number of hydrogen-bond donors (Lipinski definition) is 0. The van der Waals surface area contributed by atoms with Gasteiger partial charge in [0.05, 0.1) is 0 Å². The fourth-order valence-electron chi connectivity index (χ4n) is 4.60. The van der Waals surface area contributed by atoms with Gasteiger partial charge in [-0.2, -0.15) is 0 Å². The molecular weight excluding hydrogens is 631 g/mol. The van der Waals surface area contributed by atoms with E-state index in [0.29, 0.717) is 32.8 Å². The predicted octanol–water partition coefficient (Wildman–Crippen LogP) is 7.61. The van der Waals surface area contributed by atoms with Crippen molar-refractivity contribution >= 4 is 93.3 Å². The van der Waals surface area contributed by atoms with Crippen LogP contribution in [-0.2, 0) is 9.59 Å². The van der Waals surface area contributed by atoms with Crippen molar-refractivity contribution in [2.75, 3.05) is 0 Å². The minimum absolute atomic E-state index is 0.0585. The summed E-state index contributed by atoms with van der Waals surface area (Å²) in [6.45, 7) is 0. The van der Waals surface area contributed by atoms with Crippen LogP contribution in [0.25, 0.3) is 12.2 Å². The highest BCUT2D eigenvalue weighted by Crippen LogP contribution is 2.28. The quantitative estimate of drug-likeness (QED) is 0.168. The minimum atomic E-state index is -0.479. The van der Waals surface area contributed by atoms with Crippen LogP contribution in [0.5, 0.6) is 0 Å². The van der Waals surface area contributed by atoms with Gasteiger partial charge in [0.2, 0.25) is 0 Å². The molecule has 2 aliphatic heterocycles. The Labute approximate surface area is 274 Å². The van der Waals surface area contributed by atoms with Crippen molar-refractivity contribution in [3.05, 3.63) is 153 Å². The summed E-state index contributed by atoms with van der Waals surface area (Å²) in [7, 11) is 0. The molecule has 2 aliphatic rings. The summed E-state index contributed by atoms with van der Waals surface area (Å²) in [5.74, 6) is -0.365. The van der Waals surface area contributed by atoms with Crippen molar-refractivity contribution < 1.29 is 9.59 Å². The van der Waals surface area contributed by atoms with Crippen LogP contribution in [0, 0.1) is 0 Å². The maximum atomic E-state index is 13.9. The second-order valence-electron chi connectivity index (χ2n) is 9.66. The number of hydrogen-bond acceptors (Lipinski definition) is 6. The smallest absolute Gasteiger partial charge is 0.266 e. The third kappa shape index (κ3) is 5.93. The van der Waals surface area contributed by atoms with Crippen molar-refractivity contribution in [1.82, 2.24) is 9.80 Å². The summed E-state index contributed by atoms with van der Waals surface area (Å²) in [5.41, 5.74) is 3.08. The van der Waals surface area contributed by atoms with Gasteiger partial charge in [0.25, 0.3) is 11.8 Å². The average Bonchev–Trinajstić information content (AvgIpc) is 3.55. The Morgan fingerprint density at radius 1 is 0.545 bits per heavy atom. The van der Waals surface area contributed by atoms with Crippen LogP contribution in [0.1, 0.15) is 22.3 Å². The molecule has 0 spiro atoms. The second kappa shape index (κ2) is 12.6. The Hall–Kier alpha value is -4.60. The molecule has 4 aromatic rings. The molecule has 2 heterocycles. The summed E-state index contributed by atoms with van der Waals surface area (Å²) in [5, 5.41) is 1.14. The molecule has 0 fully saturated rings. The lowest BCUT2D eigenvalue weighted by Crippen LogP contribution is -2.49. The average molecular weight is 652 g/mol. The number of nitrogens with zero attached hydrogens (tertiary/aromatic N) is 4. The lowest BCUT2D eigenvalue weighted by Gasteiger charge is -2.25. The number of aliphatic imine (C=N–C) groups is 2. The summed E-state index contributed by atoms with van der Waals surface area (Å²) in [6, 6.07) is 32.4. The van der Waals surface area contributed by atoms with Gasteiger partial charge < -0.3 is 0 Å². The van der Waals surface area contributed by atoms with E-state index in [0.717, 1.165) is 11.1 Å². The molecule has 214 valence electrons. The largest absolute Gasteiger partial charge is 0.283 e. The van der Waals surface area contributed by atoms with Crippen molar-refractivity contribution in [3.8, 4) is 0 Å². The molecule has 0 saturated carbocycles. The SMILES string of the molecule is O=C1/C(=C/c2ccc(Cl)cc2)N=C(c2ccccc2)N1C(=S)C(=S)N1C(=O)/C(=C\c2ccc(Cl)cc2)N=C1c1ccccc1. The molecule has 0 aliphatic carbocycles. The van der Waals surface area contributed by atoms with E-state index in [9.17, 15) is 9.59 Å². The Morgan fingerprint density at radius 2 is 0.886 bits per heavy atom. The first-order chi connectivity index (χ1) is 21.3. The van der Waals surface area contributed by atoms with E-state index in [1.54, 1.807) is 60.7 Å². The van der Waals surface area contributed by atoms with Gasteiger partial charge in [0, 0.05) is 21.2 Å². The Bertz CT molecular complexity index is 1790. The molecule has 2 amide bonds. The molecule has 4 aromatic carbocycles. The zero-order valence-corrected chi connectivity index (χ0v) is 25.9. The number of benzene rings is 4. The van der Waals surface area contributed by atoms with Crippen LogP contribution in [0.2, 0.25) is 10.0 Å². The standard InChI is InChI=1S/C34H20Cl2N4O2S2/c35-25-15-11-21(12-16-25)19-27-31(41)39(29(37-27)23-7-3-1-4-8-23)33(43)34(44)40-30(24-9-5-2-6-10-24)38-28(32(40)42)20-22-13-17-26(36)18-14-22/h1-20H/b27-19-,28-20+.